The highest BCUT2D eigenvalue weighted by atomic mass is 19.4. The smallest absolute Gasteiger partial charge is 0.324 e. The van der Waals surface area contributed by atoms with Crippen molar-refractivity contribution in [2.75, 3.05) is 5.32 Å². The van der Waals surface area contributed by atoms with E-state index in [2.05, 4.69) is 15.5 Å². The largest absolute Gasteiger partial charge is 0.416 e. The van der Waals surface area contributed by atoms with Gasteiger partial charge < -0.3 is 5.32 Å². The number of halogens is 3. The molecule has 9 heteroatoms. The van der Waals surface area contributed by atoms with E-state index in [1.165, 1.54) is 10.7 Å². The lowest BCUT2D eigenvalue weighted by Gasteiger charge is -2.15. The molecule has 0 aliphatic heterocycles. The monoisotopic (exact) mass is 391 g/mol. The molecule has 2 aromatic heterocycles. The second kappa shape index (κ2) is 7.87. The minimum atomic E-state index is -4.51. The van der Waals surface area contributed by atoms with E-state index >= 15 is 0 Å². The van der Waals surface area contributed by atoms with Gasteiger partial charge in [-0.1, -0.05) is 0 Å². The highest BCUT2D eigenvalue weighted by molar-refractivity contribution is 5.93. The van der Waals surface area contributed by atoms with Crippen LogP contribution in [-0.4, -0.2) is 25.5 Å². The Hall–Kier alpha value is -3.10. The standard InChI is InChI=1S/C19H20F3N5O/c1-13-11-14(2)27(25-13)17-7-6-15(19(20,21)22)12-16(17)24-18(28)5-3-9-26-10-4-8-23-26/h4,6-8,10-12H,3,5,9H2,1-2H3,(H,24,28). The summed E-state index contributed by atoms with van der Waals surface area (Å²) in [5, 5.41) is 11.0. The summed E-state index contributed by atoms with van der Waals surface area (Å²) < 4.78 is 42.6. The number of hydrogen-bond acceptors (Lipinski definition) is 3. The van der Waals surface area contributed by atoms with Gasteiger partial charge in [-0.3, -0.25) is 9.48 Å². The molecular formula is C19H20F3N5O. The van der Waals surface area contributed by atoms with Crippen molar-refractivity contribution in [2.24, 2.45) is 0 Å². The van der Waals surface area contributed by atoms with Crippen molar-refractivity contribution in [1.29, 1.82) is 0 Å². The van der Waals surface area contributed by atoms with Gasteiger partial charge in [0.1, 0.15) is 0 Å². The third-order valence-electron chi connectivity index (χ3n) is 4.19. The van der Waals surface area contributed by atoms with Gasteiger partial charge in [-0.2, -0.15) is 23.4 Å². The van der Waals surface area contributed by atoms with E-state index in [4.69, 9.17) is 0 Å². The number of alkyl halides is 3. The van der Waals surface area contributed by atoms with E-state index in [1.54, 1.807) is 37.0 Å². The fourth-order valence-electron chi connectivity index (χ4n) is 2.92. The van der Waals surface area contributed by atoms with Gasteiger partial charge in [-0.15, -0.1) is 0 Å². The quantitative estimate of drug-likeness (QED) is 0.687. The molecule has 1 N–H and O–H groups in total. The minimum absolute atomic E-state index is 0.0742. The van der Waals surface area contributed by atoms with Crippen molar-refractivity contribution < 1.29 is 18.0 Å². The van der Waals surface area contributed by atoms with Crippen LogP contribution in [0.15, 0.2) is 42.7 Å². The Labute approximate surface area is 160 Å². The van der Waals surface area contributed by atoms with Crippen LogP contribution in [-0.2, 0) is 17.5 Å². The van der Waals surface area contributed by atoms with Crippen LogP contribution in [0.2, 0.25) is 0 Å². The number of benzene rings is 1. The van der Waals surface area contributed by atoms with E-state index in [1.807, 2.05) is 6.07 Å². The molecule has 0 fully saturated rings. The first-order valence-electron chi connectivity index (χ1n) is 8.76. The van der Waals surface area contributed by atoms with E-state index < -0.39 is 11.7 Å². The van der Waals surface area contributed by atoms with Crippen molar-refractivity contribution in [3.8, 4) is 5.69 Å². The van der Waals surface area contributed by atoms with Crippen LogP contribution in [0.1, 0.15) is 29.8 Å². The molecule has 3 aromatic rings. The molecule has 0 atom stereocenters. The molecule has 148 valence electrons. The summed E-state index contributed by atoms with van der Waals surface area (Å²) in [6.45, 7) is 4.14. The lowest BCUT2D eigenvalue weighted by molar-refractivity contribution is -0.137. The maximum absolute atomic E-state index is 13.1. The molecule has 0 saturated heterocycles. The molecule has 0 radical (unpaired) electrons. The first-order chi connectivity index (χ1) is 13.2. The maximum atomic E-state index is 13.1. The highest BCUT2D eigenvalue weighted by Gasteiger charge is 2.31. The van der Waals surface area contributed by atoms with E-state index in [9.17, 15) is 18.0 Å². The summed E-state index contributed by atoms with van der Waals surface area (Å²) >= 11 is 0. The highest BCUT2D eigenvalue weighted by Crippen LogP contribution is 2.33. The van der Waals surface area contributed by atoms with Crippen LogP contribution in [0.4, 0.5) is 18.9 Å². The van der Waals surface area contributed by atoms with Crippen LogP contribution in [0.25, 0.3) is 5.69 Å². The maximum Gasteiger partial charge on any atom is 0.416 e. The number of hydrogen-bond donors (Lipinski definition) is 1. The first kappa shape index (κ1) is 19.7. The zero-order valence-corrected chi connectivity index (χ0v) is 15.5. The Balaban J connectivity index is 1.82. The molecule has 0 saturated carbocycles. The van der Waals surface area contributed by atoms with Gasteiger partial charge in [-0.05, 0) is 50.6 Å². The Morgan fingerprint density at radius 3 is 2.61 bits per heavy atom. The Bertz CT molecular complexity index is 961. The summed E-state index contributed by atoms with van der Waals surface area (Å²) in [6, 6.07) is 6.84. The van der Waals surface area contributed by atoms with E-state index in [-0.39, 0.29) is 18.0 Å². The van der Waals surface area contributed by atoms with Crippen molar-refractivity contribution in [3.63, 3.8) is 0 Å². The molecule has 0 bridgehead atoms. The SMILES string of the molecule is Cc1cc(C)n(-c2ccc(C(F)(F)F)cc2NC(=O)CCCn2cccn2)n1. The van der Waals surface area contributed by atoms with Gasteiger partial charge >= 0.3 is 6.18 Å². The Morgan fingerprint density at radius 2 is 2.00 bits per heavy atom. The second-order valence-corrected chi connectivity index (χ2v) is 6.49. The topological polar surface area (TPSA) is 64.7 Å². The number of amides is 1. The zero-order valence-electron chi connectivity index (χ0n) is 15.5. The van der Waals surface area contributed by atoms with Crippen molar-refractivity contribution >= 4 is 11.6 Å². The molecule has 1 amide bonds. The molecule has 1 aromatic carbocycles. The fourth-order valence-corrected chi connectivity index (χ4v) is 2.92. The van der Waals surface area contributed by atoms with Gasteiger partial charge in [0.05, 0.1) is 22.6 Å². The Kier molecular flexibility index (Phi) is 5.53. The predicted octanol–water partition coefficient (Wildman–Crippen LogP) is 4.12. The van der Waals surface area contributed by atoms with E-state index in [0.29, 0.717) is 18.7 Å². The molecule has 0 unspecified atom stereocenters. The summed E-state index contributed by atoms with van der Waals surface area (Å²) in [7, 11) is 0. The summed E-state index contributed by atoms with van der Waals surface area (Å²) in [5.74, 6) is -0.366. The predicted molar refractivity (Wildman–Crippen MR) is 98.1 cm³/mol. The average molecular weight is 391 g/mol. The van der Waals surface area contributed by atoms with Crippen molar-refractivity contribution in [3.05, 3.63) is 59.7 Å². The zero-order chi connectivity index (χ0) is 20.3. The third-order valence-corrected chi connectivity index (χ3v) is 4.19. The molecule has 28 heavy (non-hydrogen) atoms. The molecule has 2 heterocycles. The van der Waals surface area contributed by atoms with Gasteiger partial charge in [0.2, 0.25) is 5.91 Å². The number of carbonyl (C=O) groups excluding carboxylic acids is 1. The van der Waals surface area contributed by atoms with Gasteiger partial charge in [-0.25, -0.2) is 4.68 Å². The summed E-state index contributed by atoms with van der Waals surface area (Å²) in [4.78, 5) is 12.3. The lowest BCUT2D eigenvalue weighted by Crippen LogP contribution is -2.16. The van der Waals surface area contributed by atoms with Gasteiger partial charge in [0.15, 0.2) is 0 Å². The van der Waals surface area contributed by atoms with Gasteiger partial charge in [0, 0.05) is 31.1 Å². The van der Waals surface area contributed by atoms with Crippen LogP contribution in [0.5, 0.6) is 0 Å². The van der Waals surface area contributed by atoms with Crippen molar-refractivity contribution in [1.82, 2.24) is 19.6 Å². The number of rotatable bonds is 6. The number of anilines is 1. The van der Waals surface area contributed by atoms with Crippen LogP contribution in [0, 0.1) is 13.8 Å². The number of nitrogens with zero attached hydrogens (tertiary/aromatic N) is 4. The fraction of sp³-hybridized carbons (Fsp3) is 0.316. The average Bonchev–Trinajstić information content (AvgIpc) is 3.23. The molecule has 3 rings (SSSR count). The van der Waals surface area contributed by atoms with Crippen LogP contribution >= 0.6 is 0 Å². The molecule has 6 nitrogen and oxygen atoms in total. The lowest BCUT2D eigenvalue weighted by atomic mass is 10.1. The minimum Gasteiger partial charge on any atom is -0.324 e. The normalized spacial score (nSPS) is 11.6. The first-order valence-corrected chi connectivity index (χ1v) is 8.76. The van der Waals surface area contributed by atoms with E-state index in [0.717, 1.165) is 23.5 Å². The molecule has 0 aliphatic rings. The van der Waals surface area contributed by atoms with Crippen LogP contribution in [0.3, 0.4) is 0 Å². The summed E-state index contributed by atoms with van der Waals surface area (Å²) in [5.41, 5.74) is 1.12. The molecule has 0 aliphatic carbocycles. The van der Waals surface area contributed by atoms with Crippen LogP contribution < -0.4 is 5.32 Å². The Morgan fingerprint density at radius 1 is 1.21 bits per heavy atom. The summed E-state index contributed by atoms with van der Waals surface area (Å²) in [6.07, 6.45) is -0.406. The number of carbonyl (C=O) groups is 1. The van der Waals surface area contributed by atoms with Gasteiger partial charge in [0.25, 0.3) is 0 Å². The molecule has 0 spiro atoms. The number of aryl methyl sites for hydroxylation is 3. The third kappa shape index (κ3) is 4.59. The second-order valence-electron chi connectivity index (χ2n) is 6.49. The number of aromatic nitrogens is 4. The number of nitrogens with one attached hydrogen (secondary N) is 1. The van der Waals surface area contributed by atoms with Crippen molar-refractivity contribution in [2.45, 2.75) is 39.4 Å². The molecular weight excluding hydrogens is 371 g/mol.